The number of aromatic nitrogens is 2. The van der Waals surface area contributed by atoms with Gasteiger partial charge >= 0.3 is 6.18 Å². The number of rotatable bonds is 10. The lowest BCUT2D eigenvalue weighted by molar-refractivity contribution is -0.142. The van der Waals surface area contributed by atoms with E-state index in [0.717, 1.165) is 18.4 Å². The third kappa shape index (κ3) is 8.19. The molecule has 0 fully saturated rings. The van der Waals surface area contributed by atoms with Crippen LogP contribution in [0.4, 0.5) is 30.4 Å². The minimum absolute atomic E-state index is 0.145. The Morgan fingerprint density at radius 2 is 2.00 bits per heavy atom. The van der Waals surface area contributed by atoms with Gasteiger partial charge in [0.25, 0.3) is 5.91 Å². The average molecular weight is 558 g/mol. The molecule has 1 aromatic heterocycles. The van der Waals surface area contributed by atoms with Gasteiger partial charge in [0.1, 0.15) is 24.4 Å². The van der Waals surface area contributed by atoms with Crippen molar-refractivity contribution < 1.29 is 26.9 Å². The highest BCUT2D eigenvalue weighted by atomic mass is 35.5. The van der Waals surface area contributed by atoms with Crippen molar-refractivity contribution in [2.75, 3.05) is 17.6 Å². The quantitative estimate of drug-likeness (QED) is 0.269. The number of halogens is 4. The van der Waals surface area contributed by atoms with E-state index in [2.05, 4.69) is 19.6 Å². The van der Waals surface area contributed by atoms with Gasteiger partial charge in [-0.2, -0.15) is 13.2 Å². The third-order valence-corrected chi connectivity index (χ3v) is 6.57. The van der Waals surface area contributed by atoms with Crippen LogP contribution in [0.2, 0.25) is 5.02 Å². The van der Waals surface area contributed by atoms with Crippen molar-refractivity contribution in [1.29, 1.82) is 0 Å². The summed E-state index contributed by atoms with van der Waals surface area (Å²) in [5.41, 5.74) is 2.30. The van der Waals surface area contributed by atoms with Gasteiger partial charge in [-0.25, -0.2) is 14.3 Å². The molecule has 13 heteroatoms. The third-order valence-electron chi connectivity index (χ3n) is 5.18. The second-order valence-electron chi connectivity index (χ2n) is 8.27. The summed E-state index contributed by atoms with van der Waals surface area (Å²) in [5, 5.41) is 5.92. The van der Waals surface area contributed by atoms with Crippen molar-refractivity contribution in [3.05, 3.63) is 47.2 Å². The number of unbranched alkanes of at least 4 members (excludes halogenated alkanes) is 1. The highest BCUT2D eigenvalue weighted by Crippen LogP contribution is 2.35. The Bertz CT molecular complexity index is 1360. The normalized spacial score (nSPS) is 13.4. The number of alkyl halides is 3. The van der Waals surface area contributed by atoms with Gasteiger partial charge in [0.2, 0.25) is 0 Å². The van der Waals surface area contributed by atoms with E-state index in [1.165, 1.54) is 19.3 Å². The molecule has 8 nitrogen and oxygen atoms in total. The molecule has 2 aromatic carbocycles. The second kappa shape index (κ2) is 12.4. The molecule has 0 saturated heterocycles. The fourth-order valence-electron chi connectivity index (χ4n) is 3.40. The lowest BCUT2D eigenvalue weighted by Crippen LogP contribution is -2.41. The summed E-state index contributed by atoms with van der Waals surface area (Å²) < 4.78 is 59.5. The van der Waals surface area contributed by atoms with Gasteiger partial charge in [-0.3, -0.25) is 9.00 Å². The monoisotopic (exact) mass is 557 g/mol. The van der Waals surface area contributed by atoms with Gasteiger partial charge in [-0.1, -0.05) is 24.9 Å². The molecule has 1 unspecified atom stereocenters. The number of carbonyl (C=O) groups excluding carboxylic acids is 1. The van der Waals surface area contributed by atoms with E-state index >= 15 is 0 Å². The average Bonchev–Trinajstić information content (AvgIpc) is 2.82. The number of carbonyl (C=O) groups is 1. The molecule has 3 aromatic rings. The van der Waals surface area contributed by atoms with Crippen LogP contribution >= 0.6 is 11.6 Å². The van der Waals surface area contributed by atoms with Crippen molar-refractivity contribution in [3.8, 4) is 5.75 Å². The van der Waals surface area contributed by atoms with Crippen LogP contribution in [0.3, 0.4) is 0 Å². The molecular formula is C24H27ClF3N5O3S. The van der Waals surface area contributed by atoms with Crippen molar-refractivity contribution in [2.45, 2.75) is 45.9 Å². The first-order chi connectivity index (χ1) is 17.5. The molecule has 3 rings (SSSR count). The van der Waals surface area contributed by atoms with Gasteiger partial charge in [0, 0.05) is 32.8 Å². The number of benzene rings is 2. The van der Waals surface area contributed by atoms with Gasteiger partial charge in [0.05, 0.1) is 16.9 Å². The number of hydrogen-bond acceptors (Lipinski definition) is 7. The van der Waals surface area contributed by atoms with E-state index in [1.807, 2.05) is 13.8 Å². The van der Waals surface area contributed by atoms with Crippen molar-refractivity contribution in [2.24, 2.45) is 4.36 Å². The zero-order valence-electron chi connectivity index (χ0n) is 20.4. The predicted octanol–water partition coefficient (Wildman–Crippen LogP) is 5.88. The number of amides is 1. The number of ether oxygens (including phenoxy) is 1. The molecule has 0 aliphatic carbocycles. The molecule has 1 amide bonds. The van der Waals surface area contributed by atoms with Crippen LogP contribution in [-0.4, -0.2) is 44.7 Å². The summed E-state index contributed by atoms with van der Waals surface area (Å²) in [6.07, 6.45) is -2.65. The Hall–Kier alpha value is -3.12. The summed E-state index contributed by atoms with van der Waals surface area (Å²) in [7, 11) is -1.72. The molecule has 0 radical (unpaired) electrons. The lowest BCUT2D eigenvalue weighted by Gasteiger charge is -2.19. The van der Waals surface area contributed by atoms with E-state index in [-0.39, 0.29) is 5.75 Å². The van der Waals surface area contributed by atoms with Crippen LogP contribution < -0.4 is 15.4 Å². The maximum atomic E-state index is 12.4. The lowest BCUT2D eigenvalue weighted by atomic mass is 10.1. The molecular weight excluding hydrogens is 531 g/mol. The van der Waals surface area contributed by atoms with Gasteiger partial charge in [-0.15, -0.1) is 0 Å². The van der Waals surface area contributed by atoms with Crippen LogP contribution in [0.1, 0.15) is 32.3 Å². The van der Waals surface area contributed by atoms with Crippen LogP contribution in [0.25, 0.3) is 10.9 Å². The van der Waals surface area contributed by atoms with E-state index in [9.17, 15) is 22.2 Å². The standard InChI is InChI=1S/C24H27ClF3N5O3S/c1-4-5-8-37(35)33-17-9-14(2)21-19(11-17)30-13-31-22(21)32-18-7-6-16(25)10-20(18)36-15(3)23(34)29-12-24(26,27)28/h6-7,9-11,13,15,37H,4-5,8,12H2,1-3H3,(H,29,34)(H,30,31,32)/t15-/m1/s1. The zero-order valence-corrected chi connectivity index (χ0v) is 22.0. The molecule has 0 aliphatic rings. The highest BCUT2D eigenvalue weighted by Gasteiger charge is 2.29. The molecule has 0 spiro atoms. The van der Waals surface area contributed by atoms with Crippen LogP contribution in [0.5, 0.6) is 5.75 Å². The molecule has 0 saturated carbocycles. The van der Waals surface area contributed by atoms with Crippen molar-refractivity contribution in [1.82, 2.24) is 15.3 Å². The SMILES string of the molecule is CCCC[SH](=O)=Nc1cc(C)c2c(Nc3ccc(Cl)cc3O[C@H](C)C(=O)NCC(F)(F)F)ncnc2c1. The number of nitrogens with one attached hydrogen (secondary N) is 2. The maximum Gasteiger partial charge on any atom is 0.405 e. The Kier molecular flexibility index (Phi) is 9.55. The number of aryl methyl sites for hydroxylation is 1. The van der Waals surface area contributed by atoms with Crippen LogP contribution in [0, 0.1) is 6.92 Å². The Balaban J connectivity index is 1.89. The number of nitrogens with zero attached hydrogens (tertiary/aromatic N) is 3. The molecule has 0 bridgehead atoms. The van der Waals surface area contributed by atoms with Gasteiger partial charge in [-0.05, 0) is 50.1 Å². The molecule has 200 valence electrons. The minimum atomic E-state index is -4.54. The Morgan fingerprint density at radius 3 is 2.70 bits per heavy atom. The van der Waals surface area contributed by atoms with E-state index < -0.39 is 35.3 Å². The second-order valence-corrected chi connectivity index (χ2v) is 10.1. The van der Waals surface area contributed by atoms with Gasteiger partial charge < -0.3 is 15.4 Å². The number of thiol groups is 1. The zero-order chi connectivity index (χ0) is 27.2. The highest BCUT2D eigenvalue weighted by molar-refractivity contribution is 7.75. The Labute approximate surface area is 219 Å². The van der Waals surface area contributed by atoms with E-state index in [4.69, 9.17) is 16.3 Å². The summed E-state index contributed by atoms with van der Waals surface area (Å²) in [6.45, 7) is 3.74. The fraction of sp³-hybridized carbons (Fsp3) is 0.375. The van der Waals surface area contributed by atoms with Crippen molar-refractivity contribution in [3.63, 3.8) is 0 Å². The largest absolute Gasteiger partial charge is 0.479 e. The van der Waals surface area contributed by atoms with E-state index in [1.54, 1.807) is 29.6 Å². The van der Waals surface area contributed by atoms with E-state index in [0.29, 0.717) is 38.9 Å². The minimum Gasteiger partial charge on any atom is -0.479 e. The summed E-state index contributed by atoms with van der Waals surface area (Å²) in [6, 6.07) is 8.15. The van der Waals surface area contributed by atoms with Gasteiger partial charge in [0.15, 0.2) is 6.10 Å². The predicted molar refractivity (Wildman–Crippen MR) is 140 cm³/mol. The number of hydrogen-bond donors (Lipinski definition) is 3. The maximum absolute atomic E-state index is 12.4. The first kappa shape index (κ1) is 28.5. The summed E-state index contributed by atoms with van der Waals surface area (Å²) in [4.78, 5) is 20.7. The van der Waals surface area contributed by atoms with Crippen LogP contribution in [-0.2, 0) is 15.4 Å². The molecule has 37 heavy (non-hydrogen) atoms. The molecule has 2 atom stereocenters. The number of anilines is 2. The number of fused-ring (bicyclic) bond motifs is 1. The molecule has 2 N–H and O–H groups in total. The first-order valence-electron chi connectivity index (χ1n) is 11.5. The first-order valence-corrected chi connectivity index (χ1v) is 13.2. The summed E-state index contributed by atoms with van der Waals surface area (Å²) >= 11 is 6.10. The topological polar surface area (TPSA) is 106 Å². The van der Waals surface area contributed by atoms with Crippen molar-refractivity contribution >= 4 is 56.2 Å². The Morgan fingerprint density at radius 1 is 1.24 bits per heavy atom. The molecule has 0 aliphatic heterocycles. The summed E-state index contributed by atoms with van der Waals surface area (Å²) in [5.74, 6) is 0.155. The molecule has 1 heterocycles. The fourth-order valence-corrected chi connectivity index (χ4v) is 4.62. The smallest absolute Gasteiger partial charge is 0.405 e. The van der Waals surface area contributed by atoms with Crippen LogP contribution in [0.15, 0.2) is 41.0 Å².